The van der Waals surface area contributed by atoms with E-state index in [0.717, 1.165) is 24.0 Å². The summed E-state index contributed by atoms with van der Waals surface area (Å²) in [5, 5.41) is 4.88. The van der Waals surface area contributed by atoms with Crippen LogP contribution in [0.25, 0.3) is 0 Å². The van der Waals surface area contributed by atoms with Gasteiger partial charge in [0.1, 0.15) is 29.3 Å². The van der Waals surface area contributed by atoms with Gasteiger partial charge in [-0.15, -0.1) is 0 Å². The molecule has 1 aromatic rings. The minimum Gasteiger partial charge on any atom is -0.444 e. The van der Waals surface area contributed by atoms with Crippen molar-refractivity contribution >= 4 is 39.9 Å². The van der Waals surface area contributed by atoms with Crippen molar-refractivity contribution in [1.29, 1.82) is 0 Å². The number of ether oxygens (including phenoxy) is 2. The number of sulfonamides is 1. The molecule has 3 N–H and O–H groups in total. The van der Waals surface area contributed by atoms with Crippen molar-refractivity contribution in [3.05, 3.63) is 47.5 Å². The summed E-state index contributed by atoms with van der Waals surface area (Å²) in [7, 11) is -3.89. The first-order valence-corrected chi connectivity index (χ1v) is 19.1. The number of nitrogens with one attached hydrogen (secondary N) is 3. The molecular weight excluding hydrogens is 666 g/mol. The van der Waals surface area contributed by atoms with Crippen molar-refractivity contribution < 1.29 is 41.9 Å². The molecule has 0 spiro atoms. The summed E-state index contributed by atoms with van der Waals surface area (Å²) in [6.45, 7) is 5.76. The zero-order chi connectivity index (χ0) is 35.8. The van der Waals surface area contributed by atoms with Crippen molar-refractivity contribution in [1.82, 2.24) is 25.2 Å². The van der Waals surface area contributed by atoms with E-state index in [4.69, 9.17) is 9.47 Å². The van der Waals surface area contributed by atoms with Crippen LogP contribution in [0.4, 0.5) is 9.59 Å². The Bertz CT molecular complexity index is 1640. The molecule has 5 amide bonds. The summed E-state index contributed by atoms with van der Waals surface area (Å²) in [4.78, 5) is 71.1. The molecule has 0 unspecified atom stereocenters. The van der Waals surface area contributed by atoms with Crippen molar-refractivity contribution in [2.75, 3.05) is 6.54 Å². The molecule has 5 atom stereocenters. The molecule has 0 radical (unpaired) electrons. The second-order valence-electron chi connectivity index (χ2n) is 15.1. The first kappa shape index (κ1) is 35.7. The van der Waals surface area contributed by atoms with Crippen molar-refractivity contribution in [2.24, 2.45) is 5.92 Å². The fourth-order valence-corrected chi connectivity index (χ4v) is 8.34. The van der Waals surface area contributed by atoms with Gasteiger partial charge >= 0.3 is 12.2 Å². The van der Waals surface area contributed by atoms with E-state index in [1.165, 1.54) is 4.90 Å². The lowest BCUT2D eigenvalue weighted by atomic mass is 10.0. The third-order valence-electron chi connectivity index (χ3n) is 9.90. The molecule has 6 rings (SSSR count). The smallest absolute Gasteiger partial charge is 0.410 e. The molecule has 14 nitrogen and oxygen atoms in total. The number of carbonyl (C=O) groups is 5. The Hall–Kier alpha value is -4.14. The van der Waals surface area contributed by atoms with Gasteiger partial charge in [-0.25, -0.2) is 18.0 Å². The fourth-order valence-electron chi connectivity index (χ4n) is 6.98. The van der Waals surface area contributed by atoms with Crippen LogP contribution in [0.3, 0.4) is 0 Å². The third kappa shape index (κ3) is 8.08. The molecule has 5 aliphatic rings. The minimum atomic E-state index is -3.89. The van der Waals surface area contributed by atoms with Gasteiger partial charge in [0.25, 0.3) is 5.91 Å². The molecule has 2 aliphatic carbocycles. The average molecular weight is 714 g/mol. The lowest BCUT2D eigenvalue weighted by Crippen LogP contribution is -2.58. The number of fused-ring (bicyclic) bond motifs is 3. The van der Waals surface area contributed by atoms with Gasteiger partial charge in [0.05, 0.1) is 11.8 Å². The minimum absolute atomic E-state index is 0.0537. The van der Waals surface area contributed by atoms with Gasteiger partial charge < -0.3 is 25.0 Å². The lowest BCUT2D eigenvalue weighted by Gasteiger charge is -2.30. The molecule has 15 heteroatoms. The third-order valence-corrected chi connectivity index (χ3v) is 11.7. The van der Waals surface area contributed by atoms with Gasteiger partial charge in [-0.1, -0.05) is 49.3 Å². The molecule has 3 fully saturated rings. The SMILES string of the molecule is CC(C)(C)OC(=O)N[C@@H]1CCCCCC=C[C@@H]2C[C@@]2(C(=O)NS(=O)(=O)C2CC2)NC(=O)[C@@H]2C[C@@H](OC(=O)N3Cc4ccccc4C3)CN2C1=O. The molecule has 272 valence electrons. The largest absolute Gasteiger partial charge is 0.444 e. The first-order chi connectivity index (χ1) is 23.6. The van der Waals surface area contributed by atoms with E-state index in [-0.39, 0.29) is 25.8 Å². The Morgan fingerprint density at radius 2 is 1.70 bits per heavy atom. The molecule has 50 heavy (non-hydrogen) atoms. The molecule has 1 aromatic carbocycles. The second-order valence-corrected chi connectivity index (χ2v) is 17.0. The average Bonchev–Trinajstić information content (AvgIpc) is 3.92. The highest BCUT2D eigenvalue weighted by Crippen LogP contribution is 2.46. The summed E-state index contributed by atoms with van der Waals surface area (Å²) < 4.78 is 39.0. The summed E-state index contributed by atoms with van der Waals surface area (Å²) in [5.41, 5.74) is -0.315. The zero-order valence-electron chi connectivity index (χ0n) is 28.8. The predicted molar refractivity (Wildman–Crippen MR) is 181 cm³/mol. The molecule has 3 aliphatic heterocycles. The Kier molecular flexibility index (Phi) is 9.90. The maximum atomic E-state index is 14.3. The molecule has 1 saturated heterocycles. The quantitative estimate of drug-likeness (QED) is 0.387. The van der Waals surface area contributed by atoms with Gasteiger partial charge in [-0.3, -0.25) is 24.0 Å². The van der Waals surface area contributed by atoms with Crippen LogP contribution in [0.2, 0.25) is 0 Å². The van der Waals surface area contributed by atoms with E-state index in [9.17, 15) is 32.4 Å². The van der Waals surface area contributed by atoms with E-state index in [0.29, 0.717) is 38.8 Å². The van der Waals surface area contributed by atoms with E-state index in [1.54, 1.807) is 25.7 Å². The highest BCUT2D eigenvalue weighted by molar-refractivity contribution is 7.91. The number of benzene rings is 1. The van der Waals surface area contributed by atoms with Crippen molar-refractivity contribution in [2.45, 2.75) is 126 Å². The van der Waals surface area contributed by atoms with Gasteiger partial charge in [0, 0.05) is 25.4 Å². The Labute approximate surface area is 292 Å². The maximum Gasteiger partial charge on any atom is 0.410 e. The number of alkyl carbamates (subject to hydrolysis) is 1. The highest BCUT2D eigenvalue weighted by Gasteiger charge is 2.62. The van der Waals surface area contributed by atoms with E-state index in [2.05, 4.69) is 15.4 Å². The van der Waals surface area contributed by atoms with E-state index < -0.39 is 80.4 Å². The summed E-state index contributed by atoms with van der Waals surface area (Å²) in [6.07, 6.45) is 5.72. The maximum absolute atomic E-state index is 14.3. The standard InChI is InChI=1S/C35H47N5O9S/c1-34(2,3)49-32(44)36-27-14-8-6-4-5-7-13-24-18-35(24,31(43)38-50(46,47)26-15-16-26)37-29(41)28-17-25(21-40(28)30(27)42)48-33(45)39-19-22-11-9-10-12-23(22)20-39/h7,9-13,24-28H,4-6,8,14-21H2,1-3H3,(H,36,44)(H,37,41)(H,38,43)/t24-,25-,27-,28+,35-/m1/s1. The van der Waals surface area contributed by atoms with Crippen LogP contribution >= 0.6 is 0 Å². The molecule has 3 heterocycles. The number of rotatable bonds is 5. The lowest BCUT2D eigenvalue weighted by molar-refractivity contribution is -0.141. The van der Waals surface area contributed by atoms with E-state index in [1.807, 2.05) is 36.4 Å². The summed E-state index contributed by atoms with van der Waals surface area (Å²) >= 11 is 0. The van der Waals surface area contributed by atoms with Crippen LogP contribution in [0, 0.1) is 5.92 Å². The van der Waals surface area contributed by atoms with Crippen LogP contribution < -0.4 is 15.4 Å². The van der Waals surface area contributed by atoms with Crippen molar-refractivity contribution in [3.63, 3.8) is 0 Å². The highest BCUT2D eigenvalue weighted by atomic mass is 32.2. The van der Waals surface area contributed by atoms with Crippen LogP contribution in [-0.2, 0) is 47.0 Å². The van der Waals surface area contributed by atoms with Crippen LogP contribution in [-0.4, -0.2) is 89.2 Å². The topological polar surface area (TPSA) is 181 Å². The Balaban J connectivity index is 1.25. The molecule has 0 bridgehead atoms. The normalized spacial score (nSPS) is 28.6. The first-order valence-electron chi connectivity index (χ1n) is 17.5. The number of nitrogens with zero attached hydrogens (tertiary/aromatic N) is 2. The van der Waals surface area contributed by atoms with Gasteiger partial charge in [0.15, 0.2) is 0 Å². The summed E-state index contributed by atoms with van der Waals surface area (Å²) in [6, 6.07) is 5.49. The van der Waals surface area contributed by atoms with Gasteiger partial charge in [-0.2, -0.15) is 0 Å². The van der Waals surface area contributed by atoms with Crippen LogP contribution in [0.5, 0.6) is 0 Å². The van der Waals surface area contributed by atoms with E-state index >= 15 is 0 Å². The van der Waals surface area contributed by atoms with Crippen molar-refractivity contribution in [3.8, 4) is 0 Å². The number of hydrogen-bond acceptors (Lipinski definition) is 9. The summed E-state index contributed by atoms with van der Waals surface area (Å²) in [5.74, 6) is -2.47. The van der Waals surface area contributed by atoms with Crippen LogP contribution in [0.15, 0.2) is 36.4 Å². The predicted octanol–water partition coefficient (Wildman–Crippen LogP) is 3.01. The van der Waals surface area contributed by atoms with Gasteiger partial charge in [0.2, 0.25) is 21.8 Å². The van der Waals surface area contributed by atoms with Gasteiger partial charge in [-0.05, 0) is 70.4 Å². The second kappa shape index (κ2) is 13.9. The monoisotopic (exact) mass is 713 g/mol. The number of amides is 5. The number of allylic oxidation sites excluding steroid dienone is 1. The molecule has 0 aromatic heterocycles. The molecule has 2 saturated carbocycles. The number of hydrogen-bond donors (Lipinski definition) is 3. The fraction of sp³-hybridized carbons (Fsp3) is 0.629. The Morgan fingerprint density at radius 3 is 2.36 bits per heavy atom. The Morgan fingerprint density at radius 1 is 1.00 bits per heavy atom. The zero-order valence-corrected chi connectivity index (χ0v) is 29.6. The molecular formula is C35H47N5O9S. The van der Waals surface area contributed by atoms with Crippen LogP contribution in [0.1, 0.15) is 89.7 Å². The number of carbonyl (C=O) groups excluding carboxylic acids is 5.